The van der Waals surface area contributed by atoms with E-state index in [0.717, 1.165) is 30.8 Å². The van der Waals surface area contributed by atoms with Crippen LogP contribution in [0.4, 0.5) is 0 Å². The van der Waals surface area contributed by atoms with Gasteiger partial charge in [-0.25, -0.2) is 0 Å². The highest BCUT2D eigenvalue weighted by molar-refractivity contribution is 5.30. The molecule has 0 amide bonds. The van der Waals surface area contributed by atoms with E-state index in [9.17, 15) is 15.3 Å². The molecule has 0 aromatic heterocycles. The van der Waals surface area contributed by atoms with Crippen molar-refractivity contribution in [1.29, 1.82) is 0 Å². The van der Waals surface area contributed by atoms with Crippen LogP contribution in [0.15, 0.2) is 34.9 Å². The first kappa shape index (κ1) is 26.7. The Kier molecular flexibility index (Phi) is 9.05. The number of allylic oxidation sites excluding steroid dienone is 3. The fourth-order valence-electron chi connectivity index (χ4n) is 7.17. The number of hydrogen-bond donors (Lipinski definition) is 4. The van der Waals surface area contributed by atoms with Crippen LogP contribution in [0.25, 0.3) is 0 Å². The fraction of sp³-hybridized carbons (Fsp3) is 0.793. The van der Waals surface area contributed by atoms with Crippen molar-refractivity contribution in [1.82, 2.24) is 0 Å². The second-order valence-corrected chi connectivity index (χ2v) is 12.0. The zero-order valence-electron chi connectivity index (χ0n) is 21.4. The van der Waals surface area contributed by atoms with Crippen molar-refractivity contribution in [2.24, 2.45) is 23.2 Å². The molecule has 4 nitrogen and oxygen atoms in total. The Labute approximate surface area is 201 Å². The van der Waals surface area contributed by atoms with Gasteiger partial charge in [-0.05, 0) is 100 Å². The highest BCUT2D eigenvalue weighted by Gasteiger charge is 2.50. The van der Waals surface area contributed by atoms with Crippen LogP contribution in [-0.4, -0.2) is 44.8 Å². The number of fused-ring (bicyclic) bond motifs is 1. The summed E-state index contributed by atoms with van der Waals surface area (Å²) < 4.78 is 0. The molecule has 4 N–H and O–H groups in total. The third kappa shape index (κ3) is 6.60. The zero-order valence-corrected chi connectivity index (χ0v) is 21.4. The second kappa shape index (κ2) is 11.2. The van der Waals surface area contributed by atoms with Gasteiger partial charge in [0.25, 0.3) is 0 Å². The lowest BCUT2D eigenvalue weighted by Crippen LogP contribution is -2.36. The summed E-state index contributed by atoms with van der Waals surface area (Å²) in [6.45, 7) is 8.81. The first-order valence-electron chi connectivity index (χ1n) is 13.3. The van der Waals surface area contributed by atoms with E-state index in [1.165, 1.54) is 32.1 Å². The summed E-state index contributed by atoms with van der Waals surface area (Å²) in [5.74, 6) is 2.08. The topological polar surface area (TPSA) is 80.9 Å². The molecule has 0 aromatic rings. The molecule has 33 heavy (non-hydrogen) atoms. The lowest BCUT2D eigenvalue weighted by Gasteiger charge is -2.44. The average molecular weight is 461 g/mol. The number of aliphatic hydroxyl groups is 4. The Morgan fingerprint density at radius 2 is 1.82 bits per heavy atom. The third-order valence-electron chi connectivity index (χ3n) is 8.90. The van der Waals surface area contributed by atoms with Crippen molar-refractivity contribution in [2.45, 2.75) is 116 Å². The van der Waals surface area contributed by atoms with Crippen LogP contribution in [0.1, 0.15) is 98.3 Å². The predicted octanol–water partition coefficient (Wildman–Crippen LogP) is 5.46. The molecule has 4 heteroatoms. The van der Waals surface area contributed by atoms with Crippen LogP contribution in [0.5, 0.6) is 0 Å². The van der Waals surface area contributed by atoms with Gasteiger partial charge in [-0.3, -0.25) is 0 Å². The zero-order chi connectivity index (χ0) is 24.2. The second-order valence-electron chi connectivity index (χ2n) is 12.0. The van der Waals surface area contributed by atoms with Crippen molar-refractivity contribution in [3.8, 4) is 0 Å². The van der Waals surface area contributed by atoms with Gasteiger partial charge < -0.3 is 20.4 Å². The molecule has 0 bridgehead atoms. The highest BCUT2D eigenvalue weighted by Crippen LogP contribution is 2.60. The molecule has 0 aromatic carbocycles. The summed E-state index contributed by atoms with van der Waals surface area (Å²) in [6.07, 6.45) is 16.1. The standard InChI is InChI=1S/C29H48O4/c1-20(8-5-15-28(2,3)33)24-13-14-25-22(9-6-16-29(24,25)4)12-11-21-18-26(31)23(10-7-17-30)27(32)19-21/h10-12,20,24-27,30-33H,5-9,13-19H2,1-4H3/t20-,24+,25-,26+,27+,29+/m0/s1. The van der Waals surface area contributed by atoms with Crippen LogP contribution >= 0.6 is 0 Å². The Morgan fingerprint density at radius 1 is 1.12 bits per heavy atom. The maximum absolute atomic E-state index is 10.5. The molecule has 188 valence electrons. The van der Waals surface area contributed by atoms with Crippen LogP contribution in [-0.2, 0) is 0 Å². The predicted molar refractivity (Wildman–Crippen MR) is 135 cm³/mol. The molecule has 3 rings (SSSR count). The van der Waals surface area contributed by atoms with E-state index >= 15 is 0 Å². The van der Waals surface area contributed by atoms with Crippen molar-refractivity contribution in [2.75, 3.05) is 6.61 Å². The summed E-state index contributed by atoms with van der Waals surface area (Å²) >= 11 is 0. The van der Waals surface area contributed by atoms with Gasteiger partial charge in [0.05, 0.1) is 17.8 Å². The average Bonchev–Trinajstić information content (AvgIpc) is 3.08. The van der Waals surface area contributed by atoms with Gasteiger partial charge in [-0.2, -0.15) is 0 Å². The van der Waals surface area contributed by atoms with E-state index in [1.807, 2.05) is 13.8 Å². The molecular formula is C29H48O4. The molecule has 0 radical (unpaired) electrons. The minimum atomic E-state index is -0.651. The van der Waals surface area contributed by atoms with Gasteiger partial charge in [-0.15, -0.1) is 0 Å². The van der Waals surface area contributed by atoms with Gasteiger partial charge in [0.1, 0.15) is 0 Å². The highest BCUT2D eigenvalue weighted by atomic mass is 16.3. The smallest absolute Gasteiger partial charge is 0.0812 e. The van der Waals surface area contributed by atoms with Crippen LogP contribution < -0.4 is 0 Å². The summed E-state index contributed by atoms with van der Waals surface area (Å²) in [6, 6.07) is 0. The van der Waals surface area contributed by atoms with Gasteiger partial charge in [-0.1, -0.05) is 56.1 Å². The summed E-state index contributed by atoms with van der Waals surface area (Å²) in [4.78, 5) is 0. The molecule has 0 unspecified atom stereocenters. The molecule has 6 atom stereocenters. The third-order valence-corrected chi connectivity index (χ3v) is 8.90. The summed E-state index contributed by atoms with van der Waals surface area (Å²) in [5.41, 5.74) is 3.14. The normalized spacial score (nSPS) is 35.0. The van der Waals surface area contributed by atoms with E-state index in [4.69, 9.17) is 5.11 Å². The van der Waals surface area contributed by atoms with Gasteiger partial charge in [0.2, 0.25) is 0 Å². The number of hydrogen-bond acceptors (Lipinski definition) is 4. The maximum atomic E-state index is 10.5. The van der Waals surface area contributed by atoms with Crippen LogP contribution in [0.3, 0.4) is 0 Å². The Morgan fingerprint density at radius 3 is 2.45 bits per heavy atom. The minimum Gasteiger partial charge on any atom is -0.396 e. The van der Waals surface area contributed by atoms with Crippen molar-refractivity contribution in [3.63, 3.8) is 0 Å². The lowest BCUT2D eigenvalue weighted by atomic mass is 9.60. The largest absolute Gasteiger partial charge is 0.396 e. The van der Waals surface area contributed by atoms with E-state index < -0.39 is 17.8 Å². The minimum absolute atomic E-state index is 0.0386. The molecule has 3 fully saturated rings. The first-order chi connectivity index (χ1) is 15.5. The molecular weight excluding hydrogens is 412 g/mol. The molecule has 3 aliphatic carbocycles. The van der Waals surface area contributed by atoms with Gasteiger partial charge in [0.15, 0.2) is 0 Å². The first-order valence-corrected chi connectivity index (χ1v) is 13.3. The van der Waals surface area contributed by atoms with E-state index in [0.29, 0.717) is 42.1 Å². The van der Waals surface area contributed by atoms with E-state index in [1.54, 1.807) is 11.6 Å². The maximum Gasteiger partial charge on any atom is 0.0812 e. The summed E-state index contributed by atoms with van der Waals surface area (Å²) in [5, 5.41) is 40.1. The van der Waals surface area contributed by atoms with Gasteiger partial charge in [0, 0.05) is 6.61 Å². The van der Waals surface area contributed by atoms with Crippen molar-refractivity contribution in [3.05, 3.63) is 34.9 Å². The molecule has 0 heterocycles. The SMILES string of the molecule is C[C@@H](CCCC(C)(C)O)[C@H]1CC[C@H]2C(=CC=C3C[C@@H](O)C(=CCCO)[C@H](O)C3)CCC[C@]12C. The quantitative estimate of drug-likeness (QED) is 0.363. The van der Waals surface area contributed by atoms with Gasteiger partial charge >= 0.3 is 0 Å². The molecule has 0 saturated heterocycles. The molecule has 0 aliphatic heterocycles. The molecule has 3 saturated carbocycles. The molecule has 0 spiro atoms. The van der Waals surface area contributed by atoms with Crippen molar-refractivity contribution >= 4 is 0 Å². The lowest BCUT2D eigenvalue weighted by molar-refractivity contribution is 0.0596. The van der Waals surface area contributed by atoms with Crippen LogP contribution in [0.2, 0.25) is 0 Å². The summed E-state index contributed by atoms with van der Waals surface area (Å²) in [7, 11) is 0. The van der Waals surface area contributed by atoms with Crippen molar-refractivity contribution < 1.29 is 20.4 Å². The Balaban J connectivity index is 1.66. The van der Waals surface area contributed by atoms with Crippen LogP contribution in [0, 0.1) is 23.2 Å². The Bertz CT molecular complexity index is 727. The number of aliphatic hydroxyl groups excluding tert-OH is 3. The fourth-order valence-corrected chi connectivity index (χ4v) is 7.17. The van der Waals surface area contributed by atoms with E-state index in [-0.39, 0.29) is 6.61 Å². The Hall–Kier alpha value is -0.940. The number of rotatable bonds is 8. The monoisotopic (exact) mass is 460 g/mol. The van der Waals surface area contributed by atoms with E-state index in [2.05, 4.69) is 26.0 Å². The molecule has 3 aliphatic rings.